The number of aromatic nitrogens is 1. The lowest BCUT2D eigenvalue weighted by Crippen LogP contribution is -3.00. The fraction of sp³-hybridized carbons (Fsp3) is 0.286. The van der Waals surface area contributed by atoms with E-state index in [0.717, 1.165) is 5.56 Å². The van der Waals surface area contributed by atoms with Crippen LogP contribution in [0, 0.1) is 0 Å². The van der Waals surface area contributed by atoms with Gasteiger partial charge >= 0.3 is 18.0 Å². The van der Waals surface area contributed by atoms with E-state index in [0.29, 0.717) is 6.42 Å². The molecule has 2 atom stereocenters. The lowest BCUT2D eigenvalue weighted by molar-refractivity contribution is -0.727. The van der Waals surface area contributed by atoms with Gasteiger partial charge in [-0.3, -0.25) is 9.59 Å². The van der Waals surface area contributed by atoms with Crippen LogP contribution in [0.1, 0.15) is 29.3 Å². The minimum Gasteiger partial charge on any atom is -1.00 e. The smallest absolute Gasteiger partial charge is 0.412 e. The third-order valence-corrected chi connectivity index (χ3v) is 4.23. The molecule has 1 heterocycles. The van der Waals surface area contributed by atoms with Crippen LogP contribution in [0.4, 0.5) is 4.79 Å². The number of halogens is 1. The maximum atomic E-state index is 12.1. The number of alkyl carbamates (subject to hydrolysis) is 1. The van der Waals surface area contributed by atoms with Crippen molar-refractivity contribution >= 4 is 23.9 Å². The van der Waals surface area contributed by atoms with Crippen LogP contribution in [0.3, 0.4) is 0 Å². The van der Waals surface area contributed by atoms with Gasteiger partial charge in [0, 0.05) is 18.2 Å². The van der Waals surface area contributed by atoms with Gasteiger partial charge in [-0.1, -0.05) is 30.3 Å². The Kier molecular flexibility index (Phi) is 10.6. The number of rotatable bonds is 10. The number of nitrogens with zero attached hydrogens (tertiary/aromatic N) is 1. The van der Waals surface area contributed by atoms with Crippen molar-refractivity contribution in [2.45, 2.75) is 38.6 Å². The summed E-state index contributed by atoms with van der Waals surface area (Å²) in [6.07, 6.45) is 2.28. The van der Waals surface area contributed by atoms with Gasteiger partial charge in [0.2, 0.25) is 0 Å². The van der Waals surface area contributed by atoms with Gasteiger partial charge in [0.25, 0.3) is 12.6 Å². The Labute approximate surface area is 190 Å². The predicted molar refractivity (Wildman–Crippen MR) is 107 cm³/mol. The highest BCUT2D eigenvalue weighted by Crippen LogP contribution is 2.03. The van der Waals surface area contributed by atoms with Crippen molar-refractivity contribution in [1.29, 1.82) is 0 Å². The first-order chi connectivity index (χ1) is 14.7. The summed E-state index contributed by atoms with van der Waals surface area (Å²) in [5.74, 6) is -3.51. The molecule has 0 spiro atoms. The molecule has 10 nitrogen and oxygen atoms in total. The van der Waals surface area contributed by atoms with Crippen molar-refractivity contribution in [2.75, 3.05) is 0 Å². The zero-order valence-corrected chi connectivity index (χ0v) is 18.0. The molecule has 0 aliphatic rings. The molecule has 0 radical (unpaired) electrons. The summed E-state index contributed by atoms with van der Waals surface area (Å²) >= 11 is 0. The van der Waals surface area contributed by atoms with E-state index in [1.807, 2.05) is 37.3 Å². The topological polar surface area (TPSA) is 146 Å². The van der Waals surface area contributed by atoms with Crippen molar-refractivity contribution in [3.05, 3.63) is 66.0 Å². The number of benzene rings is 1. The number of amides is 2. The summed E-state index contributed by atoms with van der Waals surface area (Å²) in [5, 5.41) is 22.6. The molecular weight excluding hydrogens is 442 g/mol. The largest absolute Gasteiger partial charge is 1.00 e. The van der Waals surface area contributed by atoms with Crippen LogP contribution in [0.5, 0.6) is 0 Å². The van der Waals surface area contributed by atoms with E-state index in [-0.39, 0.29) is 30.7 Å². The lowest BCUT2D eigenvalue weighted by atomic mass is 10.1. The molecule has 0 aliphatic heterocycles. The predicted octanol–water partition coefficient (Wildman–Crippen LogP) is -2.05. The Morgan fingerprint density at radius 2 is 1.62 bits per heavy atom. The third-order valence-electron chi connectivity index (χ3n) is 4.23. The van der Waals surface area contributed by atoms with Crippen molar-refractivity contribution in [3.8, 4) is 0 Å². The van der Waals surface area contributed by atoms with Crippen LogP contribution in [-0.2, 0) is 27.5 Å². The summed E-state index contributed by atoms with van der Waals surface area (Å²) in [7, 11) is 0. The summed E-state index contributed by atoms with van der Waals surface area (Å²) < 4.78 is 6.65. The summed E-state index contributed by atoms with van der Waals surface area (Å²) in [5.41, 5.74) is 1.22. The van der Waals surface area contributed by atoms with E-state index < -0.39 is 36.4 Å². The van der Waals surface area contributed by atoms with E-state index in [1.54, 1.807) is 0 Å². The number of ether oxygens (including phenoxy) is 1. The average Bonchev–Trinajstić information content (AvgIpc) is 2.72. The summed E-state index contributed by atoms with van der Waals surface area (Å²) in [4.78, 5) is 45.8. The minimum atomic E-state index is -1.54. The lowest BCUT2D eigenvalue weighted by Gasteiger charge is -2.13. The molecule has 0 fully saturated rings. The number of aliphatic carboxylic acids is 2. The molecule has 2 rings (SSSR count). The first-order valence-corrected chi connectivity index (χ1v) is 9.46. The Hall–Kier alpha value is -3.66. The molecule has 0 saturated heterocycles. The van der Waals surface area contributed by atoms with E-state index in [2.05, 4.69) is 10.6 Å². The Morgan fingerprint density at radius 3 is 2.19 bits per heavy atom. The Balaban J connectivity index is 0.00000512. The molecule has 0 aliphatic carbocycles. The van der Waals surface area contributed by atoms with Gasteiger partial charge in [-0.25, -0.2) is 9.59 Å². The number of hydrogen-bond donors (Lipinski definition) is 4. The van der Waals surface area contributed by atoms with Crippen LogP contribution in [0.2, 0.25) is 0 Å². The molecule has 32 heavy (non-hydrogen) atoms. The monoisotopic (exact) mass is 465 g/mol. The second-order valence-corrected chi connectivity index (χ2v) is 6.86. The Bertz CT molecular complexity index is 923. The third kappa shape index (κ3) is 9.00. The second kappa shape index (κ2) is 12.9. The molecule has 0 saturated carbocycles. The van der Waals surface area contributed by atoms with E-state index in [4.69, 9.17) is 14.9 Å². The van der Waals surface area contributed by atoms with Crippen LogP contribution in [0.25, 0.3) is 0 Å². The van der Waals surface area contributed by atoms with E-state index in [1.165, 1.54) is 29.1 Å². The fourth-order valence-electron chi connectivity index (χ4n) is 2.71. The maximum absolute atomic E-state index is 12.1. The number of carbonyl (C=O) groups is 4. The molecular formula is C21H24ClN3O7. The highest BCUT2D eigenvalue weighted by molar-refractivity contribution is 5.97. The summed E-state index contributed by atoms with van der Waals surface area (Å²) in [6, 6.07) is 10.8. The SMILES string of the molecule is C[C@@H](Cc1ccccc1)NC(=O)OC[n+]1ccc(C(=O)N[C@@H](CC(=O)O)C(=O)O)cc1.[Cl-]. The van der Waals surface area contributed by atoms with Gasteiger partial charge in [0.15, 0.2) is 12.4 Å². The number of pyridine rings is 1. The average molecular weight is 466 g/mol. The number of nitrogens with one attached hydrogen (secondary N) is 2. The highest BCUT2D eigenvalue weighted by Gasteiger charge is 2.24. The van der Waals surface area contributed by atoms with Gasteiger partial charge < -0.3 is 38.0 Å². The standard InChI is InChI=1S/C21H23N3O7.ClH/c1-14(11-15-5-3-2-4-6-15)22-21(30)31-13-24-9-7-16(8-10-24)19(27)23-17(20(28)29)12-18(25)26;/h2-10,14,17H,11-13H2,1H3,(H3-,22,23,25,26,27,28,29,30);1H/t14-,17-;/m0./s1. The number of carboxylic acids is 2. The van der Waals surface area contributed by atoms with Gasteiger partial charge in [-0.15, -0.1) is 0 Å². The molecule has 1 aromatic carbocycles. The van der Waals surface area contributed by atoms with E-state index >= 15 is 0 Å². The molecule has 2 aromatic rings. The van der Waals surface area contributed by atoms with Crippen LogP contribution < -0.4 is 27.6 Å². The molecule has 4 N–H and O–H groups in total. The van der Waals surface area contributed by atoms with Gasteiger partial charge in [-0.05, 0) is 18.9 Å². The van der Waals surface area contributed by atoms with Crippen molar-refractivity contribution in [3.63, 3.8) is 0 Å². The number of hydrogen-bond acceptors (Lipinski definition) is 5. The van der Waals surface area contributed by atoms with Crippen molar-refractivity contribution < 1.29 is 51.1 Å². The van der Waals surface area contributed by atoms with Crippen LogP contribution >= 0.6 is 0 Å². The molecule has 0 bridgehead atoms. The molecule has 1 aromatic heterocycles. The number of carboxylic acid groups (broad SMARTS) is 2. The quantitative estimate of drug-likeness (QED) is 0.295. The van der Waals surface area contributed by atoms with Gasteiger partial charge in [0.1, 0.15) is 6.04 Å². The zero-order valence-electron chi connectivity index (χ0n) is 17.2. The second-order valence-electron chi connectivity index (χ2n) is 6.86. The fourth-order valence-corrected chi connectivity index (χ4v) is 2.71. The molecule has 172 valence electrons. The molecule has 0 unspecified atom stereocenters. The van der Waals surface area contributed by atoms with Crippen LogP contribution in [0.15, 0.2) is 54.9 Å². The molecule has 11 heteroatoms. The van der Waals surface area contributed by atoms with Crippen molar-refractivity contribution in [2.24, 2.45) is 0 Å². The molecule has 2 amide bonds. The number of carbonyl (C=O) groups excluding carboxylic acids is 2. The van der Waals surface area contributed by atoms with Gasteiger partial charge in [0.05, 0.1) is 12.0 Å². The van der Waals surface area contributed by atoms with Crippen LogP contribution in [-0.4, -0.2) is 46.2 Å². The van der Waals surface area contributed by atoms with Crippen molar-refractivity contribution in [1.82, 2.24) is 10.6 Å². The Morgan fingerprint density at radius 1 is 1.00 bits per heavy atom. The zero-order chi connectivity index (χ0) is 22.8. The summed E-state index contributed by atoms with van der Waals surface area (Å²) in [6.45, 7) is 1.77. The van der Waals surface area contributed by atoms with Gasteiger partial charge in [-0.2, -0.15) is 4.57 Å². The maximum Gasteiger partial charge on any atom is 0.412 e. The first kappa shape index (κ1) is 26.4. The minimum absolute atomic E-state index is 0. The van der Waals surface area contributed by atoms with E-state index in [9.17, 15) is 19.2 Å². The first-order valence-electron chi connectivity index (χ1n) is 9.46. The normalized spacial score (nSPS) is 11.9. The highest BCUT2D eigenvalue weighted by atomic mass is 35.5.